The molecule has 1 amide bonds. The summed E-state index contributed by atoms with van der Waals surface area (Å²) in [5.74, 6) is 0.511. The van der Waals surface area contributed by atoms with Crippen molar-refractivity contribution in [1.29, 1.82) is 0 Å². The van der Waals surface area contributed by atoms with Crippen LogP contribution in [0.5, 0.6) is 0 Å². The summed E-state index contributed by atoms with van der Waals surface area (Å²) in [5.41, 5.74) is 12.8. The summed E-state index contributed by atoms with van der Waals surface area (Å²) in [7, 11) is -1.84. The average Bonchev–Trinajstić information content (AvgIpc) is 2.72. The van der Waals surface area contributed by atoms with Gasteiger partial charge in [0.15, 0.2) is 8.32 Å². The summed E-state index contributed by atoms with van der Waals surface area (Å²) >= 11 is 0. The van der Waals surface area contributed by atoms with Crippen molar-refractivity contribution < 1.29 is 9.22 Å². The summed E-state index contributed by atoms with van der Waals surface area (Å²) in [5, 5.41) is 0.813. The van der Waals surface area contributed by atoms with Crippen molar-refractivity contribution in [1.82, 2.24) is 14.5 Å². The van der Waals surface area contributed by atoms with Crippen LogP contribution in [0.15, 0.2) is 6.20 Å². The molecule has 146 valence electrons. The molecule has 0 spiro atoms. The van der Waals surface area contributed by atoms with Crippen LogP contribution in [-0.2, 0) is 9.96 Å². The summed E-state index contributed by atoms with van der Waals surface area (Å²) in [6.07, 6.45) is 4.36. The van der Waals surface area contributed by atoms with Crippen molar-refractivity contribution in [2.45, 2.75) is 76.2 Å². The van der Waals surface area contributed by atoms with Gasteiger partial charge in [0.1, 0.15) is 17.3 Å². The predicted octanol–water partition coefficient (Wildman–Crippen LogP) is 3.07. The first kappa shape index (κ1) is 18.4. The second kappa shape index (κ2) is 5.11. The van der Waals surface area contributed by atoms with E-state index < -0.39 is 14.2 Å². The molecule has 8 heteroatoms. The maximum Gasteiger partial charge on any atom is 0.253 e. The first-order valence-electron chi connectivity index (χ1n) is 9.45. The van der Waals surface area contributed by atoms with Crippen LogP contribution in [0, 0.1) is 6.92 Å². The quantitative estimate of drug-likeness (QED) is 0.784. The van der Waals surface area contributed by atoms with Crippen LogP contribution < -0.4 is 11.5 Å². The number of nitrogens with two attached hydrogens (primary N) is 2. The molecule has 2 heterocycles. The molecule has 0 unspecified atom stereocenters. The molecule has 0 saturated heterocycles. The molecule has 4 N–H and O–H groups in total. The van der Waals surface area contributed by atoms with Gasteiger partial charge < -0.3 is 20.5 Å². The zero-order chi connectivity index (χ0) is 20.0. The molecule has 5 rings (SSSR count). The van der Waals surface area contributed by atoms with E-state index in [9.17, 15) is 4.79 Å². The number of amides is 1. The Bertz CT molecular complexity index is 953. The lowest BCUT2D eigenvalue weighted by Crippen LogP contribution is -2.75. The largest absolute Gasteiger partial charge is 0.411 e. The highest BCUT2D eigenvalue weighted by molar-refractivity contribution is 6.74. The van der Waals surface area contributed by atoms with Crippen LogP contribution in [-0.4, -0.2) is 34.4 Å². The Balaban J connectivity index is 1.70. The summed E-state index contributed by atoms with van der Waals surface area (Å²) in [4.78, 5) is 20.8. The third-order valence-corrected chi connectivity index (χ3v) is 11.4. The Morgan fingerprint density at radius 2 is 1.89 bits per heavy atom. The maximum atomic E-state index is 12.0. The molecular weight excluding hydrogens is 358 g/mol. The normalized spacial score (nSPS) is 27.3. The minimum atomic E-state index is -1.84. The Hall–Kier alpha value is -1.93. The smallest absolute Gasteiger partial charge is 0.253 e. The number of hydrogen-bond donors (Lipinski definition) is 2. The van der Waals surface area contributed by atoms with Crippen molar-refractivity contribution in [3.05, 3.63) is 17.6 Å². The van der Waals surface area contributed by atoms with Crippen LogP contribution in [0.2, 0.25) is 18.1 Å². The zero-order valence-corrected chi connectivity index (χ0v) is 18.0. The predicted molar refractivity (Wildman–Crippen MR) is 108 cm³/mol. The molecule has 3 aliphatic carbocycles. The molecule has 0 aliphatic heterocycles. The highest BCUT2D eigenvalue weighted by atomic mass is 28.4. The Labute approximate surface area is 160 Å². The topological polar surface area (TPSA) is 109 Å². The van der Waals surface area contributed by atoms with E-state index in [1.807, 2.05) is 11.5 Å². The summed E-state index contributed by atoms with van der Waals surface area (Å²) in [6.45, 7) is 13.2. The molecular formula is C19H29N5O2Si. The number of nitrogens with zero attached hydrogens (tertiary/aromatic N) is 3. The van der Waals surface area contributed by atoms with E-state index in [-0.39, 0.29) is 16.2 Å². The molecule has 7 nitrogen and oxygen atoms in total. The van der Waals surface area contributed by atoms with Crippen molar-refractivity contribution in [3.8, 4) is 0 Å². The van der Waals surface area contributed by atoms with Crippen LogP contribution >= 0.6 is 0 Å². The monoisotopic (exact) mass is 387 g/mol. The molecule has 0 atom stereocenters. The van der Waals surface area contributed by atoms with E-state index in [0.29, 0.717) is 28.2 Å². The first-order valence-corrected chi connectivity index (χ1v) is 12.4. The fourth-order valence-corrected chi connectivity index (χ4v) is 6.20. The zero-order valence-electron chi connectivity index (χ0n) is 17.0. The number of anilines is 1. The van der Waals surface area contributed by atoms with Gasteiger partial charge in [-0.15, -0.1) is 0 Å². The molecule has 3 saturated carbocycles. The third kappa shape index (κ3) is 2.39. The molecule has 2 aromatic heterocycles. The molecule has 3 fully saturated rings. The highest BCUT2D eigenvalue weighted by Crippen LogP contribution is 2.69. The fraction of sp³-hybridized carbons (Fsp3) is 0.632. The van der Waals surface area contributed by atoms with Crippen LogP contribution in [0.3, 0.4) is 0 Å². The van der Waals surface area contributed by atoms with Gasteiger partial charge in [0.25, 0.3) is 5.91 Å². The second-order valence-electron chi connectivity index (χ2n) is 9.91. The number of carbonyl (C=O) groups is 1. The van der Waals surface area contributed by atoms with Crippen LogP contribution in [0.4, 0.5) is 5.82 Å². The highest BCUT2D eigenvalue weighted by Gasteiger charge is 2.72. The van der Waals surface area contributed by atoms with E-state index in [4.69, 9.17) is 15.9 Å². The molecule has 2 aromatic rings. The Morgan fingerprint density at radius 3 is 2.41 bits per heavy atom. The fourth-order valence-electron chi connectivity index (χ4n) is 4.59. The molecule has 3 aliphatic rings. The second-order valence-corrected chi connectivity index (χ2v) is 14.6. The number of carbonyl (C=O) groups excluding carboxylic acids is 1. The number of aromatic nitrogens is 3. The molecule has 27 heavy (non-hydrogen) atoms. The van der Waals surface area contributed by atoms with Gasteiger partial charge >= 0.3 is 0 Å². The molecule has 0 radical (unpaired) electrons. The number of fused-ring (bicyclic) bond motifs is 1. The lowest BCUT2D eigenvalue weighted by atomic mass is 9.46. The average molecular weight is 388 g/mol. The van der Waals surface area contributed by atoms with Gasteiger partial charge in [-0.25, -0.2) is 9.97 Å². The van der Waals surface area contributed by atoms with E-state index in [1.165, 1.54) is 0 Å². The lowest BCUT2D eigenvalue weighted by Gasteiger charge is -2.72. The lowest BCUT2D eigenvalue weighted by molar-refractivity contribution is -0.233. The van der Waals surface area contributed by atoms with Gasteiger partial charge in [-0.05, 0) is 44.3 Å². The van der Waals surface area contributed by atoms with Gasteiger partial charge in [0.2, 0.25) is 0 Å². The molecule has 2 bridgehead atoms. The number of nitrogen functional groups attached to an aromatic ring is 1. The van der Waals surface area contributed by atoms with Gasteiger partial charge in [-0.2, -0.15) is 0 Å². The standard InChI is InChI=1S/C19H29N5O2Si/c1-11-22-7-12-13(15(21)25)14(20)24(16(12)23-11)18-8-19(9-18,10-18)26-27(5,6)17(2,3)4/h7H,8-10,20H2,1-6H3,(H2,21,25). The van der Waals surface area contributed by atoms with Crippen LogP contribution in [0.1, 0.15) is 56.2 Å². The minimum Gasteiger partial charge on any atom is -0.411 e. The van der Waals surface area contributed by atoms with E-state index >= 15 is 0 Å². The van der Waals surface area contributed by atoms with Crippen molar-refractivity contribution in [3.63, 3.8) is 0 Å². The number of rotatable bonds is 4. The first-order chi connectivity index (χ1) is 12.3. The van der Waals surface area contributed by atoms with E-state index in [2.05, 4.69) is 43.8 Å². The number of hydrogen-bond acceptors (Lipinski definition) is 5. The van der Waals surface area contributed by atoms with Gasteiger partial charge in [0.05, 0.1) is 22.1 Å². The summed E-state index contributed by atoms with van der Waals surface area (Å²) < 4.78 is 8.75. The van der Waals surface area contributed by atoms with E-state index in [0.717, 1.165) is 19.3 Å². The minimum absolute atomic E-state index is 0.0546. The SMILES string of the molecule is Cc1ncc2c(C(N)=O)c(N)n(C34CC(O[Si](C)(C)C(C)(C)C)(C3)C4)c2n1. The van der Waals surface area contributed by atoms with Gasteiger partial charge in [0, 0.05) is 6.20 Å². The van der Waals surface area contributed by atoms with Crippen molar-refractivity contribution >= 4 is 31.1 Å². The number of primary amides is 1. The molecule has 0 aromatic carbocycles. The van der Waals surface area contributed by atoms with Crippen LogP contribution in [0.25, 0.3) is 11.0 Å². The van der Waals surface area contributed by atoms with Crippen molar-refractivity contribution in [2.75, 3.05) is 5.73 Å². The van der Waals surface area contributed by atoms with E-state index in [1.54, 1.807) is 6.20 Å². The van der Waals surface area contributed by atoms with Crippen molar-refractivity contribution in [2.24, 2.45) is 5.73 Å². The summed E-state index contributed by atoms with van der Waals surface area (Å²) in [6, 6.07) is 0. The van der Waals surface area contributed by atoms with Gasteiger partial charge in [-0.1, -0.05) is 20.8 Å². The van der Waals surface area contributed by atoms with Gasteiger partial charge in [-0.3, -0.25) is 4.79 Å². The Kier molecular flexibility index (Phi) is 3.49. The maximum absolute atomic E-state index is 12.0. The third-order valence-electron chi connectivity index (χ3n) is 6.82. The Morgan fingerprint density at radius 1 is 1.30 bits per heavy atom. The number of aryl methyl sites for hydroxylation is 1.